The third-order valence-corrected chi connectivity index (χ3v) is 5.68. The minimum Gasteiger partial charge on any atom is -0.341 e. The largest absolute Gasteiger partial charge is 0.341 e. The minimum atomic E-state index is -0.0602. The van der Waals surface area contributed by atoms with Gasteiger partial charge in [0.25, 0.3) is 0 Å². The second-order valence-corrected chi connectivity index (χ2v) is 8.07. The first kappa shape index (κ1) is 20.1. The van der Waals surface area contributed by atoms with Crippen LogP contribution in [0.25, 0.3) is 0 Å². The van der Waals surface area contributed by atoms with Crippen molar-refractivity contribution in [2.75, 3.05) is 57.7 Å². The van der Waals surface area contributed by atoms with E-state index in [1.807, 2.05) is 17.0 Å². The fourth-order valence-electron chi connectivity index (χ4n) is 3.77. The molecule has 2 amide bonds. The van der Waals surface area contributed by atoms with Crippen molar-refractivity contribution in [3.05, 3.63) is 29.3 Å². The molecule has 2 aliphatic heterocycles. The summed E-state index contributed by atoms with van der Waals surface area (Å²) < 4.78 is 0. The average Bonchev–Trinajstić information content (AvgIpc) is 2.65. The first-order valence-electron chi connectivity index (χ1n) is 9.78. The monoisotopic (exact) mass is 392 g/mol. The van der Waals surface area contributed by atoms with E-state index in [0.29, 0.717) is 29.7 Å². The maximum absolute atomic E-state index is 12.5. The number of nitrogens with zero attached hydrogens (tertiary/aromatic N) is 3. The van der Waals surface area contributed by atoms with Gasteiger partial charge in [0.05, 0.1) is 23.8 Å². The lowest BCUT2D eigenvalue weighted by molar-refractivity contribution is -0.134. The van der Waals surface area contributed by atoms with Crippen LogP contribution in [0.2, 0.25) is 5.02 Å². The van der Waals surface area contributed by atoms with Gasteiger partial charge in [-0.1, -0.05) is 30.7 Å². The van der Waals surface area contributed by atoms with Crippen LogP contribution in [0.15, 0.2) is 24.3 Å². The third-order valence-electron chi connectivity index (χ3n) is 5.35. The van der Waals surface area contributed by atoms with Gasteiger partial charge in [-0.2, -0.15) is 0 Å². The number of hydrogen-bond acceptors (Lipinski definition) is 4. The lowest BCUT2D eigenvalue weighted by Crippen LogP contribution is -2.52. The van der Waals surface area contributed by atoms with Crippen molar-refractivity contribution in [1.29, 1.82) is 0 Å². The summed E-state index contributed by atoms with van der Waals surface area (Å²) in [5.41, 5.74) is 0.643. The number of nitrogens with one attached hydrogen (secondary N) is 1. The van der Waals surface area contributed by atoms with Gasteiger partial charge in [0.2, 0.25) is 11.8 Å². The number of piperazine rings is 1. The molecule has 0 unspecified atom stereocenters. The molecule has 3 rings (SSSR count). The first-order chi connectivity index (χ1) is 13.0. The summed E-state index contributed by atoms with van der Waals surface area (Å²) in [5, 5.41) is 3.40. The standard InChI is InChI=1S/C20H29ClN4O2/c1-16-5-4-8-25(13-16)20(27)15-24-11-9-23(10-12-24)14-19(26)22-18-7-3-2-6-17(18)21/h2-3,6-7,16H,4-5,8-15H2,1H3,(H,22,26)/t16-/m1/s1. The van der Waals surface area contributed by atoms with Gasteiger partial charge >= 0.3 is 0 Å². The van der Waals surface area contributed by atoms with E-state index in [4.69, 9.17) is 11.6 Å². The zero-order chi connectivity index (χ0) is 19.2. The molecule has 0 bridgehead atoms. The molecular weight excluding hydrogens is 364 g/mol. The smallest absolute Gasteiger partial charge is 0.238 e. The fraction of sp³-hybridized carbons (Fsp3) is 0.600. The summed E-state index contributed by atoms with van der Waals surface area (Å²) in [4.78, 5) is 31.1. The fourth-order valence-corrected chi connectivity index (χ4v) is 3.95. The molecule has 7 heteroatoms. The average molecular weight is 393 g/mol. The van der Waals surface area contributed by atoms with Crippen molar-refractivity contribution in [2.45, 2.75) is 19.8 Å². The van der Waals surface area contributed by atoms with Gasteiger partial charge in [-0.05, 0) is 30.9 Å². The maximum Gasteiger partial charge on any atom is 0.238 e. The van der Waals surface area contributed by atoms with Gasteiger partial charge in [0, 0.05) is 39.3 Å². The van der Waals surface area contributed by atoms with Crippen molar-refractivity contribution in [3.8, 4) is 0 Å². The highest BCUT2D eigenvalue weighted by Gasteiger charge is 2.25. The minimum absolute atomic E-state index is 0.0602. The lowest BCUT2D eigenvalue weighted by Gasteiger charge is -2.36. The van der Waals surface area contributed by atoms with Gasteiger partial charge in [-0.25, -0.2) is 0 Å². The number of rotatable bonds is 5. The Morgan fingerprint density at radius 2 is 1.74 bits per heavy atom. The van der Waals surface area contributed by atoms with Gasteiger partial charge in [-0.15, -0.1) is 0 Å². The summed E-state index contributed by atoms with van der Waals surface area (Å²) in [6, 6.07) is 7.24. The number of piperidine rings is 1. The molecule has 27 heavy (non-hydrogen) atoms. The van der Waals surface area contributed by atoms with Crippen LogP contribution < -0.4 is 5.32 Å². The molecule has 0 aromatic heterocycles. The summed E-state index contributed by atoms with van der Waals surface area (Å²) in [6.45, 7) is 8.05. The molecule has 1 N–H and O–H groups in total. The highest BCUT2D eigenvalue weighted by atomic mass is 35.5. The molecule has 0 radical (unpaired) electrons. The predicted molar refractivity (Wildman–Crippen MR) is 108 cm³/mol. The molecule has 2 aliphatic rings. The second kappa shape index (κ2) is 9.53. The SMILES string of the molecule is C[C@@H]1CCCN(C(=O)CN2CCN(CC(=O)Nc3ccccc3Cl)CC2)C1. The molecule has 1 atom stereocenters. The zero-order valence-corrected chi connectivity index (χ0v) is 16.7. The number of anilines is 1. The van der Waals surface area contributed by atoms with Crippen LogP contribution in [0, 0.1) is 5.92 Å². The molecule has 0 spiro atoms. The van der Waals surface area contributed by atoms with Crippen LogP contribution in [0.3, 0.4) is 0 Å². The highest BCUT2D eigenvalue weighted by Crippen LogP contribution is 2.20. The summed E-state index contributed by atoms with van der Waals surface area (Å²) >= 11 is 6.08. The topological polar surface area (TPSA) is 55.9 Å². The second-order valence-electron chi connectivity index (χ2n) is 7.67. The Kier molecular flexibility index (Phi) is 7.10. The molecular formula is C20H29ClN4O2. The normalized spacial score (nSPS) is 21.9. The number of likely N-dealkylation sites (tertiary alicyclic amines) is 1. The number of hydrogen-bond donors (Lipinski definition) is 1. The van der Waals surface area contributed by atoms with Crippen molar-refractivity contribution >= 4 is 29.1 Å². The van der Waals surface area contributed by atoms with Gasteiger partial charge < -0.3 is 10.2 Å². The molecule has 148 valence electrons. The van der Waals surface area contributed by atoms with E-state index in [2.05, 4.69) is 22.0 Å². The van der Waals surface area contributed by atoms with E-state index in [9.17, 15) is 9.59 Å². The Hall–Kier alpha value is -1.63. The summed E-state index contributed by atoms with van der Waals surface area (Å²) in [7, 11) is 0. The highest BCUT2D eigenvalue weighted by molar-refractivity contribution is 6.33. The molecule has 0 saturated carbocycles. The van der Waals surface area contributed by atoms with Crippen LogP contribution in [0.5, 0.6) is 0 Å². The molecule has 1 aromatic carbocycles. The lowest BCUT2D eigenvalue weighted by atomic mass is 10.0. The van der Waals surface area contributed by atoms with Gasteiger partial charge in [0.15, 0.2) is 0 Å². The molecule has 2 fully saturated rings. The Morgan fingerprint density at radius 1 is 1.07 bits per heavy atom. The Balaban J connectivity index is 1.39. The van der Waals surface area contributed by atoms with E-state index in [0.717, 1.165) is 45.7 Å². The third kappa shape index (κ3) is 5.92. The van der Waals surface area contributed by atoms with Crippen LogP contribution in [-0.4, -0.2) is 78.9 Å². The van der Waals surface area contributed by atoms with E-state index >= 15 is 0 Å². The number of para-hydroxylation sites is 1. The number of carbonyl (C=O) groups excluding carboxylic acids is 2. The van der Waals surface area contributed by atoms with E-state index in [-0.39, 0.29) is 11.8 Å². The number of amides is 2. The van der Waals surface area contributed by atoms with Crippen LogP contribution in [-0.2, 0) is 9.59 Å². The van der Waals surface area contributed by atoms with E-state index in [1.165, 1.54) is 6.42 Å². The van der Waals surface area contributed by atoms with E-state index in [1.54, 1.807) is 12.1 Å². The Bertz CT molecular complexity index is 661. The molecule has 1 aromatic rings. The van der Waals surface area contributed by atoms with Gasteiger partial charge in [-0.3, -0.25) is 19.4 Å². The van der Waals surface area contributed by atoms with Crippen molar-refractivity contribution in [1.82, 2.24) is 14.7 Å². The van der Waals surface area contributed by atoms with Crippen LogP contribution >= 0.6 is 11.6 Å². The number of halogens is 1. The predicted octanol–water partition coefficient (Wildman–Crippen LogP) is 2.15. The Morgan fingerprint density at radius 3 is 2.41 bits per heavy atom. The van der Waals surface area contributed by atoms with Crippen molar-refractivity contribution in [2.24, 2.45) is 5.92 Å². The quantitative estimate of drug-likeness (QED) is 0.834. The zero-order valence-electron chi connectivity index (χ0n) is 16.0. The Labute approximate surface area is 166 Å². The molecule has 0 aliphatic carbocycles. The molecule has 6 nitrogen and oxygen atoms in total. The molecule has 2 heterocycles. The first-order valence-corrected chi connectivity index (χ1v) is 10.2. The van der Waals surface area contributed by atoms with E-state index < -0.39 is 0 Å². The maximum atomic E-state index is 12.5. The van der Waals surface area contributed by atoms with Crippen LogP contribution in [0.1, 0.15) is 19.8 Å². The van der Waals surface area contributed by atoms with Crippen molar-refractivity contribution in [3.63, 3.8) is 0 Å². The summed E-state index contributed by atoms with van der Waals surface area (Å²) in [6.07, 6.45) is 2.33. The van der Waals surface area contributed by atoms with Crippen LogP contribution in [0.4, 0.5) is 5.69 Å². The number of benzene rings is 1. The number of carbonyl (C=O) groups is 2. The molecule has 2 saturated heterocycles. The summed E-state index contributed by atoms with van der Waals surface area (Å²) in [5.74, 6) is 0.789. The van der Waals surface area contributed by atoms with Crippen molar-refractivity contribution < 1.29 is 9.59 Å². The van der Waals surface area contributed by atoms with Gasteiger partial charge in [0.1, 0.15) is 0 Å².